The molecule has 0 amide bonds. The molecule has 1 aliphatic carbocycles. The molecule has 3 nitrogen and oxygen atoms in total. The number of halogens is 4. The van der Waals surface area contributed by atoms with Gasteiger partial charge in [-0.05, 0) is 49.1 Å². The van der Waals surface area contributed by atoms with Crippen LogP contribution in [0.5, 0.6) is 0 Å². The number of hydrogen-bond acceptors (Lipinski definition) is 3. The first-order valence-corrected chi connectivity index (χ1v) is 10.4. The van der Waals surface area contributed by atoms with Crippen LogP contribution in [0.15, 0.2) is 53.4 Å². The van der Waals surface area contributed by atoms with Gasteiger partial charge in [0.2, 0.25) is 0 Å². The average molecular weight is 419 g/mol. The van der Waals surface area contributed by atoms with Crippen molar-refractivity contribution >= 4 is 21.4 Å². The molecular weight excluding hydrogens is 401 g/mol. The summed E-state index contributed by atoms with van der Waals surface area (Å²) in [5.74, 6) is 0. The van der Waals surface area contributed by atoms with Crippen molar-refractivity contribution in [2.75, 3.05) is 0 Å². The van der Waals surface area contributed by atoms with Crippen LogP contribution in [0, 0.1) is 0 Å². The van der Waals surface area contributed by atoms with Crippen molar-refractivity contribution < 1.29 is 26.3 Å². The number of sulfone groups is 1. The van der Waals surface area contributed by atoms with Crippen LogP contribution in [0.2, 0.25) is 5.02 Å². The Morgan fingerprint density at radius 2 is 1.70 bits per heavy atom. The fraction of sp³-hybridized carbons (Fsp3) is 0.368. The SMILES string of the molecule is O=S(=O)(c1ccccc1C(F)(F)F)[C@@H]1CC[C@@H](OCc2ccc(Cl)cc2)C1. The predicted octanol–water partition coefficient (Wildman–Crippen LogP) is 5.27. The van der Waals surface area contributed by atoms with Gasteiger partial charge in [0.25, 0.3) is 0 Å². The third kappa shape index (κ3) is 4.65. The van der Waals surface area contributed by atoms with Crippen LogP contribution < -0.4 is 0 Å². The van der Waals surface area contributed by atoms with E-state index < -0.39 is 31.7 Å². The molecule has 0 N–H and O–H groups in total. The first-order chi connectivity index (χ1) is 12.7. The average Bonchev–Trinajstić information content (AvgIpc) is 3.10. The Hall–Kier alpha value is -1.57. The van der Waals surface area contributed by atoms with E-state index in [-0.39, 0.29) is 18.9 Å². The molecule has 0 saturated heterocycles. The van der Waals surface area contributed by atoms with Gasteiger partial charge in [-0.2, -0.15) is 13.2 Å². The van der Waals surface area contributed by atoms with Gasteiger partial charge in [-0.3, -0.25) is 0 Å². The lowest BCUT2D eigenvalue weighted by Gasteiger charge is -2.17. The highest BCUT2D eigenvalue weighted by Crippen LogP contribution is 2.38. The molecule has 2 aromatic carbocycles. The molecule has 0 unspecified atom stereocenters. The molecule has 8 heteroatoms. The quantitative estimate of drug-likeness (QED) is 0.664. The maximum absolute atomic E-state index is 13.2. The topological polar surface area (TPSA) is 43.4 Å². The molecule has 0 heterocycles. The molecule has 27 heavy (non-hydrogen) atoms. The zero-order valence-electron chi connectivity index (χ0n) is 14.2. The number of ether oxygens (including phenoxy) is 1. The number of rotatable bonds is 5. The normalized spacial score (nSPS) is 20.7. The number of hydrogen-bond donors (Lipinski definition) is 0. The second-order valence-electron chi connectivity index (χ2n) is 6.53. The molecule has 0 aromatic heterocycles. The third-order valence-corrected chi connectivity index (χ3v) is 7.20. The van der Waals surface area contributed by atoms with Crippen molar-refractivity contribution in [2.24, 2.45) is 0 Å². The summed E-state index contributed by atoms with van der Waals surface area (Å²) in [5.41, 5.74) is -0.219. The molecule has 0 spiro atoms. The molecule has 0 radical (unpaired) electrons. The summed E-state index contributed by atoms with van der Waals surface area (Å²) >= 11 is 5.82. The Labute approximate surface area is 161 Å². The van der Waals surface area contributed by atoms with Crippen LogP contribution in [0.1, 0.15) is 30.4 Å². The van der Waals surface area contributed by atoms with Gasteiger partial charge in [-0.25, -0.2) is 8.42 Å². The Morgan fingerprint density at radius 1 is 1.04 bits per heavy atom. The fourth-order valence-corrected chi connectivity index (χ4v) is 5.42. The van der Waals surface area contributed by atoms with Crippen molar-refractivity contribution in [2.45, 2.75) is 48.3 Å². The summed E-state index contributed by atoms with van der Waals surface area (Å²) < 4.78 is 70.9. The van der Waals surface area contributed by atoms with E-state index in [9.17, 15) is 21.6 Å². The molecule has 146 valence electrons. The van der Waals surface area contributed by atoms with E-state index in [2.05, 4.69) is 0 Å². The van der Waals surface area contributed by atoms with Crippen LogP contribution in [0.25, 0.3) is 0 Å². The maximum Gasteiger partial charge on any atom is 0.417 e. The summed E-state index contributed by atoms with van der Waals surface area (Å²) in [6, 6.07) is 11.4. The van der Waals surface area contributed by atoms with E-state index in [0.29, 0.717) is 18.1 Å². The highest BCUT2D eigenvalue weighted by atomic mass is 35.5. The van der Waals surface area contributed by atoms with Crippen LogP contribution in [-0.2, 0) is 27.4 Å². The standard InChI is InChI=1S/C19H18ClF3O3S/c20-14-7-5-13(6-8-14)12-26-15-9-10-16(11-15)27(24,25)18-4-2-1-3-17(18)19(21,22)23/h1-8,15-16H,9-12H2/t15-,16-/m1/s1. The Morgan fingerprint density at radius 3 is 2.37 bits per heavy atom. The Balaban J connectivity index is 1.70. The highest BCUT2D eigenvalue weighted by molar-refractivity contribution is 7.92. The summed E-state index contributed by atoms with van der Waals surface area (Å²) in [6.45, 7) is 0.299. The van der Waals surface area contributed by atoms with E-state index in [1.54, 1.807) is 12.1 Å². The number of benzene rings is 2. The van der Waals surface area contributed by atoms with E-state index >= 15 is 0 Å². The van der Waals surface area contributed by atoms with Crippen molar-refractivity contribution in [3.8, 4) is 0 Å². The fourth-order valence-electron chi connectivity index (χ4n) is 3.26. The zero-order chi connectivity index (χ0) is 19.7. The van der Waals surface area contributed by atoms with Crippen molar-refractivity contribution in [1.29, 1.82) is 0 Å². The molecule has 0 bridgehead atoms. The molecule has 1 aliphatic rings. The maximum atomic E-state index is 13.2. The zero-order valence-corrected chi connectivity index (χ0v) is 15.8. The molecule has 0 aliphatic heterocycles. The van der Waals surface area contributed by atoms with Gasteiger partial charge in [0.05, 0.1) is 28.4 Å². The van der Waals surface area contributed by atoms with Gasteiger partial charge in [-0.15, -0.1) is 0 Å². The summed E-state index contributed by atoms with van der Waals surface area (Å²) in [5, 5.41) is -0.273. The lowest BCUT2D eigenvalue weighted by Crippen LogP contribution is -2.23. The number of alkyl halides is 3. The van der Waals surface area contributed by atoms with Crippen molar-refractivity contribution in [1.82, 2.24) is 0 Å². The van der Waals surface area contributed by atoms with Gasteiger partial charge < -0.3 is 4.74 Å². The van der Waals surface area contributed by atoms with Gasteiger partial charge in [-0.1, -0.05) is 35.9 Å². The van der Waals surface area contributed by atoms with Crippen LogP contribution >= 0.6 is 11.6 Å². The second-order valence-corrected chi connectivity index (χ2v) is 9.17. The first kappa shape index (κ1) is 20.2. The molecular formula is C19H18ClF3O3S. The smallest absolute Gasteiger partial charge is 0.373 e. The van der Waals surface area contributed by atoms with Crippen LogP contribution in [-0.4, -0.2) is 19.8 Å². The van der Waals surface area contributed by atoms with Gasteiger partial charge >= 0.3 is 6.18 Å². The first-order valence-electron chi connectivity index (χ1n) is 8.44. The van der Waals surface area contributed by atoms with Gasteiger partial charge in [0.1, 0.15) is 0 Å². The summed E-state index contributed by atoms with van der Waals surface area (Å²) in [4.78, 5) is -0.652. The van der Waals surface area contributed by atoms with Gasteiger partial charge in [0.15, 0.2) is 9.84 Å². The minimum absolute atomic E-state index is 0.183. The minimum Gasteiger partial charge on any atom is -0.373 e. The highest BCUT2D eigenvalue weighted by Gasteiger charge is 2.42. The lowest BCUT2D eigenvalue weighted by atomic mass is 10.2. The monoisotopic (exact) mass is 418 g/mol. The molecule has 1 saturated carbocycles. The van der Waals surface area contributed by atoms with E-state index in [0.717, 1.165) is 17.7 Å². The Bertz CT molecular complexity index is 895. The minimum atomic E-state index is -4.72. The third-order valence-electron chi connectivity index (χ3n) is 4.67. The molecule has 2 atom stereocenters. The van der Waals surface area contributed by atoms with Crippen LogP contribution in [0.4, 0.5) is 13.2 Å². The van der Waals surface area contributed by atoms with E-state index in [1.807, 2.05) is 12.1 Å². The molecule has 3 rings (SSSR count). The van der Waals surface area contributed by atoms with Crippen molar-refractivity contribution in [3.05, 3.63) is 64.7 Å². The summed E-state index contributed by atoms with van der Waals surface area (Å²) in [6.07, 6.45) is -4.07. The summed E-state index contributed by atoms with van der Waals surface area (Å²) in [7, 11) is -4.09. The second kappa shape index (κ2) is 7.81. The van der Waals surface area contributed by atoms with E-state index in [4.69, 9.17) is 16.3 Å². The van der Waals surface area contributed by atoms with Gasteiger partial charge in [0, 0.05) is 5.02 Å². The molecule has 2 aromatic rings. The van der Waals surface area contributed by atoms with Crippen molar-refractivity contribution in [3.63, 3.8) is 0 Å². The largest absolute Gasteiger partial charge is 0.417 e. The molecule has 1 fully saturated rings. The van der Waals surface area contributed by atoms with Crippen LogP contribution in [0.3, 0.4) is 0 Å². The van der Waals surface area contributed by atoms with E-state index in [1.165, 1.54) is 12.1 Å². The lowest BCUT2D eigenvalue weighted by molar-refractivity contribution is -0.139. The Kier molecular flexibility index (Phi) is 5.84. The predicted molar refractivity (Wildman–Crippen MR) is 96.3 cm³/mol.